The Bertz CT molecular complexity index is 1460. The molecule has 2 heterocycles. The Morgan fingerprint density at radius 2 is 1.68 bits per heavy atom. The van der Waals surface area contributed by atoms with Crippen LogP contribution in [-0.2, 0) is 19.8 Å². The van der Waals surface area contributed by atoms with E-state index in [1.165, 1.54) is 11.6 Å². The van der Waals surface area contributed by atoms with Crippen molar-refractivity contribution in [3.63, 3.8) is 0 Å². The Labute approximate surface area is 192 Å². The number of benzene rings is 2. The number of halogens is 3. The molecular formula is C24H21F3N4O3. The number of ether oxygens (including phenoxy) is 1. The van der Waals surface area contributed by atoms with E-state index >= 15 is 0 Å². The van der Waals surface area contributed by atoms with Crippen molar-refractivity contribution in [2.75, 3.05) is 0 Å². The average molecular weight is 470 g/mol. The van der Waals surface area contributed by atoms with Crippen molar-refractivity contribution in [3.05, 3.63) is 98.1 Å². The molecule has 2 aromatic carbocycles. The van der Waals surface area contributed by atoms with E-state index in [1.54, 1.807) is 25.1 Å². The maximum Gasteiger partial charge on any atom is 0.420 e. The van der Waals surface area contributed by atoms with Gasteiger partial charge < -0.3 is 9.30 Å². The molecule has 10 heteroatoms. The number of aromatic nitrogens is 4. The topological polar surface area (TPSA) is 81.9 Å². The number of pyridine rings is 1. The predicted molar refractivity (Wildman–Crippen MR) is 120 cm³/mol. The van der Waals surface area contributed by atoms with Crippen LogP contribution >= 0.6 is 0 Å². The summed E-state index contributed by atoms with van der Waals surface area (Å²) in [5, 5.41) is 6.02. The van der Waals surface area contributed by atoms with Gasteiger partial charge in [-0.2, -0.15) is 18.3 Å². The summed E-state index contributed by atoms with van der Waals surface area (Å²) in [6, 6.07) is 13.7. The molecule has 0 aliphatic rings. The second-order valence-corrected chi connectivity index (χ2v) is 7.94. The molecule has 0 aliphatic heterocycles. The Morgan fingerprint density at radius 3 is 2.26 bits per heavy atom. The third-order valence-corrected chi connectivity index (χ3v) is 5.48. The Morgan fingerprint density at radius 1 is 1.00 bits per heavy atom. The van der Waals surface area contributed by atoms with Gasteiger partial charge in [-0.25, -0.2) is 9.89 Å². The molecule has 0 spiro atoms. The number of alkyl halides is 3. The molecule has 0 unspecified atom stereocenters. The normalized spacial score (nSPS) is 11.6. The van der Waals surface area contributed by atoms with Crippen molar-refractivity contribution in [3.8, 4) is 22.6 Å². The minimum absolute atomic E-state index is 0.128. The number of hydrogen-bond acceptors (Lipinski definition) is 4. The lowest BCUT2D eigenvalue weighted by Crippen LogP contribution is -2.26. The molecule has 34 heavy (non-hydrogen) atoms. The maximum atomic E-state index is 13.7. The van der Waals surface area contributed by atoms with Crippen molar-refractivity contribution < 1.29 is 17.9 Å². The smallest absolute Gasteiger partial charge is 0.420 e. The minimum Gasteiger partial charge on any atom is -0.451 e. The first-order chi connectivity index (χ1) is 16.0. The number of H-pyrrole nitrogens is 1. The molecule has 0 saturated heterocycles. The molecule has 176 valence electrons. The van der Waals surface area contributed by atoms with Crippen molar-refractivity contribution in [2.24, 2.45) is 7.05 Å². The highest BCUT2D eigenvalue weighted by atomic mass is 19.4. The van der Waals surface area contributed by atoms with E-state index in [-0.39, 0.29) is 18.1 Å². The fourth-order valence-corrected chi connectivity index (χ4v) is 3.47. The van der Waals surface area contributed by atoms with Gasteiger partial charge in [0.1, 0.15) is 11.3 Å². The minimum atomic E-state index is -4.80. The van der Waals surface area contributed by atoms with Crippen molar-refractivity contribution >= 4 is 0 Å². The maximum absolute atomic E-state index is 13.7. The summed E-state index contributed by atoms with van der Waals surface area (Å²) in [6.07, 6.45) is -3.80. The predicted octanol–water partition coefficient (Wildman–Crippen LogP) is 4.41. The van der Waals surface area contributed by atoms with E-state index in [1.807, 2.05) is 31.2 Å². The van der Waals surface area contributed by atoms with Gasteiger partial charge in [0.25, 0.3) is 5.56 Å². The lowest BCUT2D eigenvalue weighted by molar-refractivity contribution is -0.138. The standard InChI is InChI=1S/C24H21F3N4O3/c1-14-4-6-16(7-5-14)17-8-9-19(15(2)12-17)34-21-18(24(25,26)27)10-11-31(22(21)32)13-20-28-29-23(33)30(20)3/h4-12H,13H2,1-3H3,(H,29,33). The van der Waals surface area contributed by atoms with Gasteiger partial charge in [-0.15, -0.1) is 0 Å². The van der Waals surface area contributed by atoms with Crippen LogP contribution in [0.15, 0.2) is 64.3 Å². The summed E-state index contributed by atoms with van der Waals surface area (Å²) < 4.78 is 48.8. The summed E-state index contributed by atoms with van der Waals surface area (Å²) in [5.74, 6) is -0.540. The highest BCUT2D eigenvalue weighted by Crippen LogP contribution is 2.37. The van der Waals surface area contributed by atoms with E-state index < -0.39 is 28.7 Å². The molecule has 0 fully saturated rings. The van der Waals surface area contributed by atoms with Crippen LogP contribution in [-0.4, -0.2) is 19.3 Å². The van der Waals surface area contributed by atoms with E-state index in [4.69, 9.17) is 4.74 Å². The molecule has 4 aromatic rings. The number of aromatic amines is 1. The van der Waals surface area contributed by atoms with Gasteiger partial charge in [-0.1, -0.05) is 35.9 Å². The molecule has 0 aliphatic carbocycles. The zero-order valence-corrected chi connectivity index (χ0v) is 18.6. The van der Waals surface area contributed by atoms with Crippen LogP contribution in [0, 0.1) is 13.8 Å². The first-order valence-corrected chi connectivity index (χ1v) is 10.3. The monoisotopic (exact) mass is 470 g/mol. The molecule has 7 nitrogen and oxygen atoms in total. The zero-order valence-electron chi connectivity index (χ0n) is 18.6. The summed E-state index contributed by atoms with van der Waals surface area (Å²) in [6.45, 7) is 3.46. The van der Waals surface area contributed by atoms with Gasteiger partial charge in [0, 0.05) is 13.2 Å². The van der Waals surface area contributed by atoms with E-state index in [0.717, 1.165) is 33.5 Å². The molecule has 0 bridgehead atoms. The summed E-state index contributed by atoms with van der Waals surface area (Å²) in [5.41, 5.74) is 0.800. The third kappa shape index (κ3) is 4.52. The van der Waals surface area contributed by atoms with Gasteiger partial charge in [-0.05, 0) is 48.7 Å². The van der Waals surface area contributed by atoms with E-state index in [0.29, 0.717) is 5.56 Å². The average Bonchev–Trinajstić information content (AvgIpc) is 3.09. The van der Waals surface area contributed by atoms with Gasteiger partial charge in [0.05, 0.1) is 6.54 Å². The van der Waals surface area contributed by atoms with Crippen LogP contribution in [0.3, 0.4) is 0 Å². The summed E-state index contributed by atoms with van der Waals surface area (Å²) in [7, 11) is 1.44. The zero-order chi connectivity index (χ0) is 24.6. The lowest BCUT2D eigenvalue weighted by atomic mass is 10.0. The number of nitrogens with zero attached hydrogens (tertiary/aromatic N) is 3. The molecule has 4 rings (SSSR count). The SMILES string of the molecule is Cc1ccc(-c2ccc(Oc3c(C(F)(F)F)ccn(Cc4n[nH]c(=O)n4C)c3=O)c(C)c2)cc1. The second kappa shape index (κ2) is 8.69. The summed E-state index contributed by atoms with van der Waals surface area (Å²) >= 11 is 0. The van der Waals surface area contributed by atoms with Crippen molar-refractivity contribution in [2.45, 2.75) is 26.6 Å². The fourth-order valence-electron chi connectivity index (χ4n) is 3.47. The Balaban J connectivity index is 1.74. The molecular weight excluding hydrogens is 449 g/mol. The number of rotatable bonds is 5. The van der Waals surface area contributed by atoms with Crippen LogP contribution in [0.1, 0.15) is 22.5 Å². The number of aryl methyl sites for hydroxylation is 2. The first-order valence-electron chi connectivity index (χ1n) is 10.3. The molecule has 0 saturated carbocycles. The molecule has 0 amide bonds. The molecule has 2 aromatic heterocycles. The highest BCUT2D eigenvalue weighted by molar-refractivity contribution is 5.66. The number of nitrogens with one attached hydrogen (secondary N) is 1. The third-order valence-electron chi connectivity index (χ3n) is 5.48. The van der Waals surface area contributed by atoms with Gasteiger partial charge in [0.2, 0.25) is 5.75 Å². The van der Waals surface area contributed by atoms with E-state index in [2.05, 4.69) is 10.2 Å². The van der Waals surface area contributed by atoms with Crippen LogP contribution in [0.4, 0.5) is 13.2 Å². The highest BCUT2D eigenvalue weighted by Gasteiger charge is 2.36. The quantitative estimate of drug-likeness (QED) is 0.468. The Hall–Kier alpha value is -4.08. The van der Waals surface area contributed by atoms with Crippen LogP contribution in [0.5, 0.6) is 11.5 Å². The van der Waals surface area contributed by atoms with Gasteiger partial charge >= 0.3 is 11.9 Å². The van der Waals surface area contributed by atoms with Gasteiger partial charge in [0.15, 0.2) is 5.82 Å². The van der Waals surface area contributed by atoms with Crippen molar-refractivity contribution in [1.82, 2.24) is 19.3 Å². The molecule has 1 N–H and O–H groups in total. The summed E-state index contributed by atoms with van der Waals surface area (Å²) in [4.78, 5) is 24.6. The van der Waals surface area contributed by atoms with Crippen LogP contribution < -0.4 is 16.0 Å². The molecule has 0 radical (unpaired) electrons. The van der Waals surface area contributed by atoms with Crippen LogP contribution in [0.2, 0.25) is 0 Å². The largest absolute Gasteiger partial charge is 0.451 e. The Kier molecular flexibility index (Phi) is 5.90. The second-order valence-electron chi connectivity index (χ2n) is 7.94. The lowest BCUT2D eigenvalue weighted by Gasteiger charge is -2.17. The van der Waals surface area contributed by atoms with Crippen molar-refractivity contribution in [1.29, 1.82) is 0 Å². The molecule has 0 atom stereocenters. The fraction of sp³-hybridized carbons (Fsp3) is 0.208. The first kappa shape index (κ1) is 23.1. The van der Waals surface area contributed by atoms with E-state index in [9.17, 15) is 22.8 Å². The van der Waals surface area contributed by atoms with Gasteiger partial charge in [-0.3, -0.25) is 9.36 Å². The number of hydrogen-bond donors (Lipinski definition) is 1. The van der Waals surface area contributed by atoms with Crippen LogP contribution in [0.25, 0.3) is 11.1 Å².